The number of ether oxygens (including phenoxy) is 1. The lowest BCUT2D eigenvalue weighted by molar-refractivity contribution is -0.152. The first-order valence-corrected chi connectivity index (χ1v) is 8.19. The standard InChI is InChI=1S/C20H22N2O4/c1-14(23)21-16-10-7-11-17(12-16)22-18(24)13-26-19(25)20(2,3)15-8-5-4-6-9-15/h4-12H,13H2,1-3H3,(H,21,23)(H,22,24). The van der Waals surface area contributed by atoms with Crippen molar-refractivity contribution in [2.24, 2.45) is 0 Å². The van der Waals surface area contributed by atoms with Gasteiger partial charge in [0.2, 0.25) is 5.91 Å². The summed E-state index contributed by atoms with van der Waals surface area (Å²) in [5, 5.41) is 5.27. The van der Waals surface area contributed by atoms with E-state index >= 15 is 0 Å². The lowest BCUT2D eigenvalue weighted by atomic mass is 9.85. The van der Waals surface area contributed by atoms with Gasteiger partial charge in [0.05, 0.1) is 5.41 Å². The highest BCUT2D eigenvalue weighted by atomic mass is 16.5. The van der Waals surface area contributed by atoms with Gasteiger partial charge in [-0.2, -0.15) is 0 Å². The average Bonchev–Trinajstić information content (AvgIpc) is 2.60. The van der Waals surface area contributed by atoms with Crippen LogP contribution in [0.4, 0.5) is 11.4 Å². The summed E-state index contributed by atoms with van der Waals surface area (Å²) in [7, 11) is 0. The Hall–Kier alpha value is -3.15. The van der Waals surface area contributed by atoms with Crippen LogP contribution in [-0.2, 0) is 24.5 Å². The van der Waals surface area contributed by atoms with Crippen LogP contribution >= 0.6 is 0 Å². The molecule has 0 saturated heterocycles. The van der Waals surface area contributed by atoms with Crippen LogP contribution in [-0.4, -0.2) is 24.4 Å². The normalized spacial score (nSPS) is 10.7. The van der Waals surface area contributed by atoms with Crippen molar-refractivity contribution in [1.82, 2.24) is 0 Å². The topological polar surface area (TPSA) is 84.5 Å². The van der Waals surface area contributed by atoms with Crippen molar-refractivity contribution in [2.75, 3.05) is 17.2 Å². The van der Waals surface area contributed by atoms with E-state index in [1.54, 1.807) is 38.1 Å². The number of anilines is 2. The van der Waals surface area contributed by atoms with Crippen molar-refractivity contribution in [3.8, 4) is 0 Å². The lowest BCUT2D eigenvalue weighted by Gasteiger charge is -2.22. The maximum atomic E-state index is 12.3. The molecule has 0 atom stereocenters. The Morgan fingerprint density at radius 2 is 1.54 bits per heavy atom. The third-order valence-corrected chi connectivity index (χ3v) is 3.81. The summed E-state index contributed by atoms with van der Waals surface area (Å²) in [6.45, 7) is 4.51. The molecule has 2 rings (SSSR count). The first-order chi connectivity index (χ1) is 12.3. The molecule has 0 fully saturated rings. The molecule has 0 unspecified atom stereocenters. The molecule has 2 amide bonds. The summed E-state index contributed by atoms with van der Waals surface area (Å²) in [5.41, 5.74) is 1.03. The molecule has 0 aliphatic rings. The van der Waals surface area contributed by atoms with Crippen LogP contribution in [0.5, 0.6) is 0 Å². The van der Waals surface area contributed by atoms with Gasteiger partial charge in [0, 0.05) is 18.3 Å². The molecule has 2 aromatic rings. The number of hydrogen-bond donors (Lipinski definition) is 2. The van der Waals surface area contributed by atoms with Gasteiger partial charge in [-0.15, -0.1) is 0 Å². The summed E-state index contributed by atoms with van der Waals surface area (Å²) in [6, 6.07) is 16.0. The fraction of sp³-hybridized carbons (Fsp3) is 0.250. The lowest BCUT2D eigenvalue weighted by Crippen LogP contribution is -2.33. The van der Waals surface area contributed by atoms with Gasteiger partial charge in [0.1, 0.15) is 0 Å². The second-order valence-electron chi connectivity index (χ2n) is 6.38. The molecule has 0 radical (unpaired) electrons. The molecule has 0 heterocycles. The van der Waals surface area contributed by atoms with Gasteiger partial charge in [-0.1, -0.05) is 36.4 Å². The molecule has 0 aliphatic heterocycles. The maximum absolute atomic E-state index is 12.3. The highest BCUT2D eigenvalue weighted by Gasteiger charge is 2.31. The van der Waals surface area contributed by atoms with Crippen molar-refractivity contribution in [2.45, 2.75) is 26.2 Å². The zero-order chi connectivity index (χ0) is 19.2. The monoisotopic (exact) mass is 354 g/mol. The molecule has 0 spiro atoms. The van der Waals surface area contributed by atoms with Crippen molar-refractivity contribution < 1.29 is 19.1 Å². The SMILES string of the molecule is CC(=O)Nc1cccc(NC(=O)COC(=O)C(C)(C)c2ccccc2)c1. The highest BCUT2D eigenvalue weighted by molar-refractivity contribution is 5.95. The summed E-state index contributed by atoms with van der Waals surface area (Å²) in [6.07, 6.45) is 0. The third kappa shape index (κ3) is 5.17. The van der Waals surface area contributed by atoms with Gasteiger partial charge >= 0.3 is 5.97 Å². The number of hydrogen-bond acceptors (Lipinski definition) is 4. The van der Waals surface area contributed by atoms with Crippen molar-refractivity contribution >= 4 is 29.2 Å². The van der Waals surface area contributed by atoms with Crippen LogP contribution in [0, 0.1) is 0 Å². The van der Waals surface area contributed by atoms with Gasteiger partial charge in [0.25, 0.3) is 5.91 Å². The summed E-state index contributed by atoms with van der Waals surface area (Å²) in [5.74, 6) is -1.14. The van der Waals surface area contributed by atoms with E-state index in [1.165, 1.54) is 6.92 Å². The second-order valence-corrected chi connectivity index (χ2v) is 6.38. The first-order valence-electron chi connectivity index (χ1n) is 8.19. The minimum Gasteiger partial charge on any atom is -0.455 e. The quantitative estimate of drug-likeness (QED) is 0.781. The molecule has 2 aromatic carbocycles. The number of esters is 1. The predicted octanol–water partition coefficient (Wildman–Crippen LogP) is 3.10. The molecule has 0 aliphatic carbocycles. The van der Waals surface area contributed by atoms with Crippen molar-refractivity contribution in [3.63, 3.8) is 0 Å². The van der Waals surface area contributed by atoms with E-state index in [2.05, 4.69) is 10.6 Å². The third-order valence-electron chi connectivity index (χ3n) is 3.81. The molecule has 6 heteroatoms. The number of nitrogens with one attached hydrogen (secondary N) is 2. The average molecular weight is 354 g/mol. The Kier molecular flexibility index (Phi) is 6.11. The Morgan fingerprint density at radius 3 is 2.15 bits per heavy atom. The molecule has 136 valence electrons. The number of rotatable bonds is 6. The second kappa shape index (κ2) is 8.29. The van der Waals surface area contributed by atoms with Crippen LogP contribution in [0.2, 0.25) is 0 Å². The van der Waals surface area contributed by atoms with Gasteiger partial charge in [-0.25, -0.2) is 0 Å². The van der Waals surface area contributed by atoms with E-state index in [1.807, 2.05) is 30.3 Å². The van der Waals surface area contributed by atoms with Gasteiger partial charge < -0.3 is 15.4 Å². The van der Waals surface area contributed by atoms with E-state index in [0.29, 0.717) is 11.4 Å². The minimum atomic E-state index is -0.854. The Morgan fingerprint density at radius 1 is 0.923 bits per heavy atom. The smallest absolute Gasteiger partial charge is 0.316 e. The van der Waals surface area contributed by atoms with E-state index in [-0.39, 0.29) is 12.5 Å². The molecule has 0 aromatic heterocycles. The molecule has 0 bridgehead atoms. The van der Waals surface area contributed by atoms with Crippen molar-refractivity contribution in [1.29, 1.82) is 0 Å². The van der Waals surface area contributed by atoms with Gasteiger partial charge in [0.15, 0.2) is 6.61 Å². The van der Waals surface area contributed by atoms with E-state index in [4.69, 9.17) is 4.74 Å². The van der Waals surface area contributed by atoms with Crippen molar-refractivity contribution in [3.05, 3.63) is 60.2 Å². The van der Waals surface area contributed by atoms with Crippen LogP contribution in [0.25, 0.3) is 0 Å². The number of benzene rings is 2. The van der Waals surface area contributed by atoms with Gasteiger partial charge in [-0.05, 0) is 37.6 Å². The molecule has 26 heavy (non-hydrogen) atoms. The largest absolute Gasteiger partial charge is 0.455 e. The summed E-state index contributed by atoms with van der Waals surface area (Å²) in [4.78, 5) is 35.5. The van der Waals surface area contributed by atoms with Crippen LogP contribution in [0.1, 0.15) is 26.3 Å². The molecular formula is C20H22N2O4. The Labute approximate surface area is 152 Å². The fourth-order valence-electron chi connectivity index (χ4n) is 2.36. The Balaban J connectivity index is 1.92. The molecular weight excluding hydrogens is 332 g/mol. The minimum absolute atomic E-state index is 0.203. The molecule has 2 N–H and O–H groups in total. The molecule has 6 nitrogen and oxygen atoms in total. The van der Waals surface area contributed by atoms with Gasteiger partial charge in [-0.3, -0.25) is 14.4 Å². The van der Waals surface area contributed by atoms with E-state index in [0.717, 1.165) is 5.56 Å². The van der Waals surface area contributed by atoms with E-state index < -0.39 is 17.3 Å². The first kappa shape index (κ1) is 19.2. The maximum Gasteiger partial charge on any atom is 0.316 e. The van der Waals surface area contributed by atoms with Crippen LogP contribution in [0.15, 0.2) is 54.6 Å². The predicted molar refractivity (Wildman–Crippen MR) is 99.8 cm³/mol. The van der Waals surface area contributed by atoms with Crippen LogP contribution < -0.4 is 10.6 Å². The Bertz CT molecular complexity index is 800. The number of carbonyl (C=O) groups excluding carboxylic acids is 3. The molecule has 0 saturated carbocycles. The zero-order valence-electron chi connectivity index (χ0n) is 15.0. The number of carbonyl (C=O) groups is 3. The fourth-order valence-corrected chi connectivity index (χ4v) is 2.36. The van der Waals surface area contributed by atoms with Crippen LogP contribution in [0.3, 0.4) is 0 Å². The summed E-state index contributed by atoms with van der Waals surface area (Å²) >= 11 is 0. The summed E-state index contributed by atoms with van der Waals surface area (Å²) < 4.78 is 5.17. The zero-order valence-corrected chi connectivity index (χ0v) is 15.0. The number of amides is 2. The highest BCUT2D eigenvalue weighted by Crippen LogP contribution is 2.24. The van der Waals surface area contributed by atoms with E-state index in [9.17, 15) is 14.4 Å².